The number of para-hydroxylation sites is 1. The Morgan fingerprint density at radius 1 is 1.21 bits per heavy atom. The molecule has 0 spiro atoms. The Labute approximate surface area is 106 Å². The van der Waals surface area contributed by atoms with Crippen molar-refractivity contribution in [2.24, 2.45) is 0 Å². The molecule has 1 saturated heterocycles. The number of carbonyl (C=O) groups is 2. The number of anilines is 1. The molecule has 7 heteroatoms. The van der Waals surface area contributed by atoms with Crippen LogP contribution in [-0.4, -0.2) is 23.8 Å². The number of hydrogen-bond acceptors (Lipinski definition) is 3. The van der Waals surface area contributed by atoms with Gasteiger partial charge in [0.25, 0.3) is 11.5 Å². The molecule has 0 N–H and O–H groups in total. The summed E-state index contributed by atoms with van der Waals surface area (Å²) in [7, 11) is 0. The lowest BCUT2D eigenvalue weighted by molar-refractivity contribution is -0.241. The van der Waals surface area contributed by atoms with Gasteiger partial charge in [0.1, 0.15) is 0 Å². The topological polar surface area (TPSA) is 46.6 Å². The molecule has 0 aliphatic carbocycles. The van der Waals surface area contributed by atoms with Gasteiger partial charge in [-0.2, -0.15) is 13.2 Å². The fourth-order valence-electron chi connectivity index (χ4n) is 1.90. The van der Waals surface area contributed by atoms with E-state index in [2.05, 4.69) is 4.74 Å². The molecule has 0 radical (unpaired) electrons. The van der Waals surface area contributed by atoms with Crippen LogP contribution in [0.2, 0.25) is 0 Å². The number of hydrogen-bond donors (Lipinski definition) is 0. The average molecular weight is 273 g/mol. The lowest BCUT2D eigenvalue weighted by atomic mass is 9.99. The standard InChI is InChI=1S/C12H10F3NO3/c1-2-11(12(13,14)15)9(17)16(10(18)19-11)8-6-4-3-5-7-8/h3-7H,2H2,1H3/t11-/m0/s1. The molecular formula is C12H10F3NO3. The normalized spacial score (nSPS) is 23.7. The zero-order chi connectivity index (χ0) is 14.3. The molecule has 1 aliphatic rings. The van der Waals surface area contributed by atoms with Crippen LogP contribution in [0.1, 0.15) is 13.3 Å². The average Bonchev–Trinajstić information content (AvgIpc) is 2.62. The van der Waals surface area contributed by atoms with E-state index in [1.165, 1.54) is 24.3 Å². The maximum Gasteiger partial charge on any atom is 0.437 e. The van der Waals surface area contributed by atoms with Gasteiger partial charge in [0, 0.05) is 6.42 Å². The molecule has 0 bridgehead atoms. The predicted molar refractivity (Wildman–Crippen MR) is 59.5 cm³/mol. The van der Waals surface area contributed by atoms with Crippen LogP contribution in [0.4, 0.5) is 23.7 Å². The molecule has 4 nitrogen and oxygen atoms in total. The number of halogens is 3. The van der Waals surface area contributed by atoms with Gasteiger partial charge in [-0.1, -0.05) is 25.1 Å². The summed E-state index contributed by atoms with van der Waals surface area (Å²) in [6.45, 7) is 1.15. The minimum Gasteiger partial charge on any atom is -0.422 e. The van der Waals surface area contributed by atoms with Crippen molar-refractivity contribution in [1.82, 2.24) is 0 Å². The molecule has 1 aliphatic heterocycles. The number of imide groups is 1. The van der Waals surface area contributed by atoms with Gasteiger partial charge >= 0.3 is 12.3 Å². The molecule has 1 fully saturated rings. The molecule has 2 rings (SSSR count). The molecule has 0 aromatic heterocycles. The Morgan fingerprint density at radius 2 is 1.79 bits per heavy atom. The third-order valence-electron chi connectivity index (χ3n) is 2.96. The Balaban J connectivity index is 2.47. The molecule has 0 unspecified atom stereocenters. The zero-order valence-corrected chi connectivity index (χ0v) is 9.90. The van der Waals surface area contributed by atoms with Crippen LogP contribution in [0.15, 0.2) is 30.3 Å². The summed E-state index contributed by atoms with van der Waals surface area (Å²) in [6, 6.07) is 7.36. The van der Waals surface area contributed by atoms with E-state index in [0.29, 0.717) is 4.90 Å². The molecule has 19 heavy (non-hydrogen) atoms. The number of benzene rings is 1. The fraction of sp³-hybridized carbons (Fsp3) is 0.333. The lowest BCUT2D eigenvalue weighted by Crippen LogP contribution is -2.52. The number of carbonyl (C=O) groups excluding carboxylic acids is 2. The first kappa shape index (κ1) is 13.4. The number of ether oxygens (including phenoxy) is 1. The summed E-state index contributed by atoms with van der Waals surface area (Å²) in [5.41, 5.74) is -3.03. The molecule has 102 valence electrons. The van der Waals surface area contributed by atoms with E-state index < -0.39 is 30.2 Å². The van der Waals surface area contributed by atoms with Crippen molar-refractivity contribution in [2.75, 3.05) is 4.90 Å². The molecule has 0 saturated carbocycles. The Hall–Kier alpha value is -2.05. The van der Waals surface area contributed by atoms with Crippen molar-refractivity contribution < 1.29 is 27.5 Å². The van der Waals surface area contributed by atoms with Crippen molar-refractivity contribution in [3.8, 4) is 0 Å². The van der Waals surface area contributed by atoms with Crippen molar-refractivity contribution in [3.05, 3.63) is 30.3 Å². The second kappa shape index (κ2) is 4.25. The van der Waals surface area contributed by atoms with Gasteiger partial charge < -0.3 is 4.74 Å². The van der Waals surface area contributed by atoms with Crippen LogP contribution in [0.25, 0.3) is 0 Å². The van der Waals surface area contributed by atoms with Crippen LogP contribution in [-0.2, 0) is 9.53 Å². The lowest BCUT2D eigenvalue weighted by Gasteiger charge is -2.25. The molecule has 1 aromatic rings. The minimum atomic E-state index is -4.95. The van der Waals surface area contributed by atoms with E-state index >= 15 is 0 Å². The highest BCUT2D eigenvalue weighted by Crippen LogP contribution is 2.43. The summed E-state index contributed by atoms with van der Waals surface area (Å²) in [4.78, 5) is 24.0. The molecule has 1 aromatic carbocycles. The van der Waals surface area contributed by atoms with Crippen molar-refractivity contribution >= 4 is 17.7 Å². The van der Waals surface area contributed by atoms with Gasteiger partial charge in [-0.3, -0.25) is 4.79 Å². The zero-order valence-electron chi connectivity index (χ0n) is 9.90. The monoisotopic (exact) mass is 273 g/mol. The third-order valence-corrected chi connectivity index (χ3v) is 2.96. The molecule has 2 amide bonds. The van der Waals surface area contributed by atoms with Gasteiger partial charge in [0.15, 0.2) is 0 Å². The van der Waals surface area contributed by atoms with E-state index in [0.717, 1.165) is 6.92 Å². The van der Waals surface area contributed by atoms with Gasteiger partial charge in [-0.25, -0.2) is 9.69 Å². The summed E-state index contributed by atoms with van der Waals surface area (Å²) >= 11 is 0. The van der Waals surface area contributed by atoms with Crippen molar-refractivity contribution in [3.63, 3.8) is 0 Å². The maximum atomic E-state index is 13.0. The Bertz CT molecular complexity index is 515. The smallest absolute Gasteiger partial charge is 0.422 e. The van der Waals surface area contributed by atoms with Crippen LogP contribution in [0.5, 0.6) is 0 Å². The van der Waals surface area contributed by atoms with Gasteiger partial charge in [-0.05, 0) is 12.1 Å². The van der Waals surface area contributed by atoms with E-state index in [1.54, 1.807) is 6.07 Å². The fourth-order valence-corrected chi connectivity index (χ4v) is 1.90. The Kier molecular flexibility index (Phi) is 3.00. The SMILES string of the molecule is CC[C@]1(C(F)(F)F)OC(=O)N(c2ccccc2)C1=O. The van der Waals surface area contributed by atoms with Crippen LogP contribution >= 0.6 is 0 Å². The highest BCUT2D eigenvalue weighted by atomic mass is 19.4. The maximum absolute atomic E-state index is 13.0. The van der Waals surface area contributed by atoms with E-state index in [1.807, 2.05) is 0 Å². The van der Waals surface area contributed by atoms with Gasteiger partial charge in [0.05, 0.1) is 5.69 Å². The van der Waals surface area contributed by atoms with Crippen LogP contribution in [0, 0.1) is 0 Å². The minimum absolute atomic E-state index is 0.0528. The second-order valence-electron chi connectivity index (χ2n) is 4.02. The largest absolute Gasteiger partial charge is 0.437 e. The third kappa shape index (κ3) is 1.85. The predicted octanol–water partition coefficient (Wildman–Crippen LogP) is 2.88. The van der Waals surface area contributed by atoms with E-state index in [4.69, 9.17) is 0 Å². The number of nitrogens with zero attached hydrogens (tertiary/aromatic N) is 1. The summed E-state index contributed by atoms with van der Waals surface area (Å²) < 4.78 is 43.4. The number of amides is 2. The molecule has 1 heterocycles. The van der Waals surface area contributed by atoms with Crippen LogP contribution in [0.3, 0.4) is 0 Å². The summed E-state index contributed by atoms with van der Waals surface area (Å²) in [5, 5.41) is 0. The van der Waals surface area contributed by atoms with Gasteiger partial charge in [-0.15, -0.1) is 0 Å². The molecular weight excluding hydrogens is 263 g/mol. The molecule has 1 atom stereocenters. The Morgan fingerprint density at radius 3 is 2.21 bits per heavy atom. The number of rotatable bonds is 2. The van der Waals surface area contributed by atoms with E-state index in [9.17, 15) is 22.8 Å². The number of cyclic esters (lactones) is 1. The first-order valence-electron chi connectivity index (χ1n) is 5.53. The highest BCUT2D eigenvalue weighted by Gasteiger charge is 2.69. The number of alkyl halides is 3. The van der Waals surface area contributed by atoms with Crippen molar-refractivity contribution in [1.29, 1.82) is 0 Å². The second-order valence-corrected chi connectivity index (χ2v) is 4.02. The van der Waals surface area contributed by atoms with Crippen molar-refractivity contribution in [2.45, 2.75) is 25.1 Å². The van der Waals surface area contributed by atoms with Gasteiger partial charge in [0.2, 0.25) is 0 Å². The quantitative estimate of drug-likeness (QED) is 0.832. The summed E-state index contributed by atoms with van der Waals surface area (Å²) in [6.07, 6.45) is -6.92. The van der Waals surface area contributed by atoms with Crippen LogP contribution < -0.4 is 4.90 Å². The van der Waals surface area contributed by atoms with E-state index in [-0.39, 0.29) is 5.69 Å². The first-order chi connectivity index (χ1) is 8.83. The highest BCUT2D eigenvalue weighted by molar-refractivity contribution is 6.20. The first-order valence-corrected chi connectivity index (χ1v) is 5.53. The summed E-state index contributed by atoms with van der Waals surface area (Å²) in [5.74, 6) is -1.40.